The summed E-state index contributed by atoms with van der Waals surface area (Å²) in [5, 5.41) is 3.24. The topological polar surface area (TPSA) is 32.3 Å². The number of benzene rings is 1. The highest BCUT2D eigenvalue weighted by molar-refractivity contribution is 5.76. The second-order valence-electron chi connectivity index (χ2n) is 5.56. The molecule has 0 aliphatic carbocycles. The van der Waals surface area contributed by atoms with Crippen LogP contribution in [-0.2, 0) is 4.79 Å². The molecule has 1 amide bonds. The second kappa shape index (κ2) is 8.08. The fourth-order valence-electron chi connectivity index (χ4n) is 2.07. The van der Waals surface area contributed by atoms with Crippen LogP contribution < -0.4 is 5.32 Å². The number of halogens is 2. The van der Waals surface area contributed by atoms with E-state index in [1.165, 1.54) is 4.90 Å². The first-order valence-electron chi connectivity index (χ1n) is 7.27. The lowest BCUT2D eigenvalue weighted by Gasteiger charge is -2.26. The van der Waals surface area contributed by atoms with E-state index in [1.54, 1.807) is 14.0 Å². The first-order chi connectivity index (χ1) is 9.82. The largest absolute Gasteiger partial charge is 0.339 e. The quantitative estimate of drug-likeness (QED) is 0.784. The van der Waals surface area contributed by atoms with Crippen LogP contribution in [-0.4, -0.2) is 30.4 Å². The van der Waals surface area contributed by atoms with Crippen LogP contribution in [0.2, 0.25) is 0 Å². The Kier molecular flexibility index (Phi) is 6.75. The maximum atomic E-state index is 13.7. The van der Waals surface area contributed by atoms with Gasteiger partial charge in [-0.05, 0) is 38.1 Å². The van der Waals surface area contributed by atoms with E-state index in [0.717, 1.165) is 31.2 Å². The van der Waals surface area contributed by atoms with Crippen molar-refractivity contribution in [2.75, 3.05) is 13.6 Å². The molecule has 0 bridgehead atoms. The molecule has 0 aliphatic heterocycles. The molecule has 1 unspecified atom stereocenters. The molecule has 3 nitrogen and oxygen atoms in total. The number of hydrogen-bond donors (Lipinski definition) is 1. The second-order valence-corrected chi connectivity index (χ2v) is 5.56. The molecule has 1 aromatic rings. The average molecular weight is 298 g/mol. The van der Waals surface area contributed by atoms with Crippen LogP contribution in [0.4, 0.5) is 8.78 Å². The molecule has 0 saturated heterocycles. The third-order valence-corrected chi connectivity index (χ3v) is 3.50. The molecule has 5 heteroatoms. The lowest BCUT2D eigenvalue weighted by atomic mass is 10.1. The van der Waals surface area contributed by atoms with Crippen molar-refractivity contribution in [1.29, 1.82) is 0 Å². The van der Waals surface area contributed by atoms with E-state index in [2.05, 4.69) is 5.32 Å². The zero-order valence-corrected chi connectivity index (χ0v) is 13.1. The Labute approximate surface area is 125 Å². The molecule has 0 aliphatic rings. The SMILES string of the molecule is CC(C)NCCCC(=O)N(C)C(C)c1cc(F)ccc1F. The van der Waals surface area contributed by atoms with Gasteiger partial charge in [-0.25, -0.2) is 8.78 Å². The fraction of sp³-hybridized carbons (Fsp3) is 0.562. The molecule has 0 aromatic heterocycles. The predicted octanol–water partition coefficient (Wildman–Crippen LogP) is 3.26. The number of amides is 1. The number of hydrogen-bond acceptors (Lipinski definition) is 2. The highest BCUT2D eigenvalue weighted by atomic mass is 19.1. The van der Waals surface area contributed by atoms with Crippen molar-refractivity contribution in [1.82, 2.24) is 10.2 Å². The normalized spacial score (nSPS) is 12.5. The van der Waals surface area contributed by atoms with Gasteiger partial charge in [0.1, 0.15) is 11.6 Å². The summed E-state index contributed by atoms with van der Waals surface area (Å²) in [5.41, 5.74) is 0.200. The predicted molar refractivity (Wildman–Crippen MR) is 79.9 cm³/mol. The fourth-order valence-corrected chi connectivity index (χ4v) is 2.07. The Hall–Kier alpha value is -1.49. The van der Waals surface area contributed by atoms with Gasteiger partial charge in [-0.2, -0.15) is 0 Å². The highest BCUT2D eigenvalue weighted by Gasteiger charge is 2.20. The van der Waals surface area contributed by atoms with E-state index in [4.69, 9.17) is 0 Å². The van der Waals surface area contributed by atoms with E-state index in [1.807, 2.05) is 13.8 Å². The number of nitrogens with zero attached hydrogens (tertiary/aromatic N) is 1. The molecule has 0 fully saturated rings. The molecule has 0 heterocycles. The Morgan fingerprint density at radius 2 is 1.95 bits per heavy atom. The van der Waals surface area contributed by atoms with Crippen molar-refractivity contribution >= 4 is 5.91 Å². The zero-order chi connectivity index (χ0) is 16.0. The highest BCUT2D eigenvalue weighted by Crippen LogP contribution is 2.23. The van der Waals surface area contributed by atoms with Crippen molar-refractivity contribution in [3.63, 3.8) is 0 Å². The van der Waals surface area contributed by atoms with Gasteiger partial charge in [0.25, 0.3) is 0 Å². The molecule has 1 N–H and O–H groups in total. The molecule has 0 radical (unpaired) electrons. The number of carbonyl (C=O) groups is 1. The van der Waals surface area contributed by atoms with Crippen LogP contribution in [0.25, 0.3) is 0 Å². The van der Waals surface area contributed by atoms with Gasteiger partial charge in [0.05, 0.1) is 6.04 Å². The van der Waals surface area contributed by atoms with Crippen LogP contribution in [0, 0.1) is 11.6 Å². The number of carbonyl (C=O) groups excluding carboxylic acids is 1. The van der Waals surface area contributed by atoms with Gasteiger partial charge < -0.3 is 10.2 Å². The maximum absolute atomic E-state index is 13.7. The summed E-state index contributed by atoms with van der Waals surface area (Å²) in [6, 6.07) is 3.20. The van der Waals surface area contributed by atoms with Crippen LogP contribution >= 0.6 is 0 Å². The molecule has 1 aromatic carbocycles. The minimum absolute atomic E-state index is 0.0725. The van der Waals surface area contributed by atoms with Gasteiger partial charge in [0, 0.05) is 25.1 Å². The minimum Gasteiger partial charge on any atom is -0.339 e. The molecule has 0 saturated carbocycles. The summed E-state index contributed by atoms with van der Waals surface area (Å²) < 4.78 is 26.9. The van der Waals surface area contributed by atoms with E-state index < -0.39 is 17.7 Å². The summed E-state index contributed by atoms with van der Waals surface area (Å²) in [5.74, 6) is -1.07. The van der Waals surface area contributed by atoms with Gasteiger partial charge in [-0.1, -0.05) is 13.8 Å². The van der Waals surface area contributed by atoms with Gasteiger partial charge >= 0.3 is 0 Å². The van der Waals surface area contributed by atoms with Gasteiger partial charge in [-0.15, -0.1) is 0 Å². The van der Waals surface area contributed by atoms with Crippen molar-refractivity contribution in [2.24, 2.45) is 0 Å². The van der Waals surface area contributed by atoms with Crippen molar-refractivity contribution < 1.29 is 13.6 Å². The molecule has 1 rings (SSSR count). The molecular formula is C16H24F2N2O. The number of rotatable bonds is 7. The Balaban J connectivity index is 2.58. The summed E-state index contributed by atoms with van der Waals surface area (Å²) in [6.45, 7) is 6.55. The Morgan fingerprint density at radius 3 is 2.57 bits per heavy atom. The number of nitrogens with one attached hydrogen (secondary N) is 1. The first kappa shape index (κ1) is 17.6. The molecule has 21 heavy (non-hydrogen) atoms. The first-order valence-corrected chi connectivity index (χ1v) is 7.27. The zero-order valence-electron chi connectivity index (χ0n) is 13.1. The van der Waals surface area contributed by atoms with E-state index in [0.29, 0.717) is 12.5 Å². The minimum atomic E-state index is -0.500. The lowest BCUT2D eigenvalue weighted by molar-refractivity contribution is -0.131. The third kappa shape index (κ3) is 5.42. The average Bonchev–Trinajstić information content (AvgIpc) is 2.44. The Morgan fingerprint density at radius 1 is 1.29 bits per heavy atom. The maximum Gasteiger partial charge on any atom is 0.222 e. The van der Waals surface area contributed by atoms with E-state index in [-0.39, 0.29) is 11.5 Å². The van der Waals surface area contributed by atoms with Gasteiger partial charge in [-0.3, -0.25) is 4.79 Å². The summed E-state index contributed by atoms with van der Waals surface area (Å²) in [6.07, 6.45) is 1.11. The third-order valence-electron chi connectivity index (χ3n) is 3.50. The monoisotopic (exact) mass is 298 g/mol. The summed E-state index contributed by atoms with van der Waals surface area (Å²) in [7, 11) is 1.62. The van der Waals surface area contributed by atoms with Crippen LogP contribution in [0.5, 0.6) is 0 Å². The van der Waals surface area contributed by atoms with Crippen molar-refractivity contribution in [3.8, 4) is 0 Å². The van der Waals surface area contributed by atoms with Crippen molar-refractivity contribution in [3.05, 3.63) is 35.4 Å². The Bertz CT molecular complexity index is 477. The molecule has 1 atom stereocenters. The molecule has 0 spiro atoms. The van der Waals surface area contributed by atoms with E-state index >= 15 is 0 Å². The van der Waals surface area contributed by atoms with Crippen LogP contribution in [0.3, 0.4) is 0 Å². The smallest absolute Gasteiger partial charge is 0.222 e. The molecular weight excluding hydrogens is 274 g/mol. The molecule has 118 valence electrons. The van der Waals surface area contributed by atoms with Crippen molar-refractivity contribution in [2.45, 2.75) is 45.7 Å². The van der Waals surface area contributed by atoms with E-state index in [9.17, 15) is 13.6 Å². The van der Waals surface area contributed by atoms with Crippen LogP contribution in [0.15, 0.2) is 18.2 Å². The summed E-state index contributed by atoms with van der Waals surface area (Å²) >= 11 is 0. The summed E-state index contributed by atoms with van der Waals surface area (Å²) in [4.78, 5) is 13.5. The van der Waals surface area contributed by atoms with Gasteiger partial charge in [0.2, 0.25) is 5.91 Å². The van der Waals surface area contributed by atoms with Gasteiger partial charge in [0.15, 0.2) is 0 Å². The van der Waals surface area contributed by atoms with Crippen LogP contribution in [0.1, 0.15) is 45.2 Å². The standard InChI is InChI=1S/C16H24F2N2O/c1-11(2)19-9-5-6-16(21)20(4)12(3)14-10-13(17)7-8-15(14)18/h7-8,10-12,19H,5-6,9H2,1-4H3. The lowest BCUT2D eigenvalue weighted by Crippen LogP contribution is -2.31.